The van der Waals surface area contributed by atoms with Crippen LogP contribution in [0.4, 0.5) is 0 Å². The highest BCUT2D eigenvalue weighted by atomic mass is 16.4. The van der Waals surface area contributed by atoms with Crippen LogP contribution in [0.1, 0.15) is 65.2 Å². The summed E-state index contributed by atoms with van der Waals surface area (Å²) in [5, 5.41) is 8.54. The molecule has 1 saturated heterocycles. The van der Waals surface area contributed by atoms with Crippen LogP contribution < -0.4 is 0 Å². The van der Waals surface area contributed by atoms with E-state index in [-0.39, 0.29) is 5.92 Å². The molecule has 0 atom stereocenters. The lowest BCUT2D eigenvalue weighted by atomic mass is 9.90. The minimum atomic E-state index is -0.602. The third-order valence-electron chi connectivity index (χ3n) is 3.53. The summed E-state index contributed by atoms with van der Waals surface area (Å²) in [7, 11) is 2.19. The van der Waals surface area contributed by atoms with Crippen molar-refractivity contribution in [1.82, 2.24) is 4.90 Å². The fourth-order valence-electron chi connectivity index (χ4n) is 2.40. The first-order chi connectivity index (χ1) is 8.70. The molecule has 2 aliphatic rings. The molecule has 3 heteroatoms. The molecule has 108 valence electrons. The maximum Gasteiger partial charge on any atom is 0.306 e. The van der Waals surface area contributed by atoms with E-state index < -0.39 is 5.97 Å². The Morgan fingerprint density at radius 2 is 1.39 bits per heavy atom. The minimum Gasteiger partial charge on any atom is -0.481 e. The van der Waals surface area contributed by atoms with Crippen LogP contribution in [0.2, 0.25) is 0 Å². The van der Waals surface area contributed by atoms with Gasteiger partial charge in [-0.2, -0.15) is 0 Å². The third kappa shape index (κ3) is 8.51. The number of likely N-dealkylation sites (tertiary alicyclic amines) is 1. The van der Waals surface area contributed by atoms with Crippen LogP contribution in [0.5, 0.6) is 0 Å². The summed E-state index contributed by atoms with van der Waals surface area (Å²) < 4.78 is 0. The Kier molecular flexibility index (Phi) is 11.2. The highest BCUT2D eigenvalue weighted by Gasteiger charge is 2.19. The molecule has 0 aromatic rings. The monoisotopic (exact) mass is 257 g/mol. The summed E-state index contributed by atoms with van der Waals surface area (Å²) in [6.07, 6.45) is 9.51. The van der Waals surface area contributed by atoms with Crippen LogP contribution in [0.25, 0.3) is 0 Å². The van der Waals surface area contributed by atoms with Gasteiger partial charge in [-0.3, -0.25) is 4.79 Å². The summed E-state index contributed by atoms with van der Waals surface area (Å²) in [5.41, 5.74) is 0. The number of rotatable bonds is 1. The number of hydrogen-bond donors (Lipinski definition) is 1. The zero-order valence-corrected chi connectivity index (χ0v) is 12.5. The average Bonchev–Trinajstić information content (AvgIpc) is 2.43. The van der Waals surface area contributed by atoms with Crippen molar-refractivity contribution in [2.45, 2.75) is 65.2 Å². The third-order valence-corrected chi connectivity index (χ3v) is 3.53. The van der Waals surface area contributed by atoms with E-state index >= 15 is 0 Å². The number of hydrogen-bond acceptors (Lipinski definition) is 2. The van der Waals surface area contributed by atoms with Gasteiger partial charge in [0.2, 0.25) is 0 Å². The van der Waals surface area contributed by atoms with E-state index in [0.29, 0.717) is 0 Å². The van der Waals surface area contributed by atoms with Gasteiger partial charge in [0.05, 0.1) is 5.92 Å². The summed E-state index contributed by atoms with van der Waals surface area (Å²) >= 11 is 0. The summed E-state index contributed by atoms with van der Waals surface area (Å²) in [4.78, 5) is 12.7. The Hall–Kier alpha value is -0.570. The molecule has 0 unspecified atom stereocenters. The lowest BCUT2D eigenvalue weighted by Crippen LogP contribution is -2.24. The second-order valence-electron chi connectivity index (χ2n) is 5.04. The second-order valence-corrected chi connectivity index (χ2v) is 5.04. The maximum atomic E-state index is 10.4. The van der Waals surface area contributed by atoms with E-state index in [1.807, 2.05) is 13.8 Å². The molecular formula is C15H31NO2. The van der Waals surface area contributed by atoms with Gasteiger partial charge in [-0.15, -0.1) is 0 Å². The molecule has 1 aliphatic heterocycles. The van der Waals surface area contributed by atoms with Gasteiger partial charge in [0.25, 0.3) is 0 Å². The lowest BCUT2D eigenvalue weighted by Gasteiger charge is -2.20. The Morgan fingerprint density at radius 1 is 0.944 bits per heavy atom. The van der Waals surface area contributed by atoms with Crippen molar-refractivity contribution < 1.29 is 9.90 Å². The van der Waals surface area contributed by atoms with Gasteiger partial charge >= 0.3 is 5.97 Å². The van der Waals surface area contributed by atoms with Crippen molar-refractivity contribution in [1.29, 1.82) is 0 Å². The van der Waals surface area contributed by atoms with Gasteiger partial charge in [0, 0.05) is 0 Å². The van der Waals surface area contributed by atoms with Crippen molar-refractivity contribution in [3.8, 4) is 0 Å². The van der Waals surface area contributed by atoms with Crippen LogP contribution in [-0.4, -0.2) is 36.1 Å². The molecular weight excluding hydrogens is 226 g/mol. The second kappa shape index (κ2) is 11.5. The normalized spacial score (nSPS) is 21.1. The fourth-order valence-corrected chi connectivity index (χ4v) is 2.40. The molecule has 2 fully saturated rings. The Morgan fingerprint density at radius 3 is 1.67 bits per heavy atom. The highest BCUT2D eigenvalue weighted by molar-refractivity contribution is 5.69. The highest BCUT2D eigenvalue weighted by Crippen LogP contribution is 2.23. The Balaban J connectivity index is 0.000000289. The van der Waals surface area contributed by atoms with Gasteiger partial charge in [-0.1, -0.05) is 39.5 Å². The van der Waals surface area contributed by atoms with Crippen LogP contribution in [-0.2, 0) is 4.79 Å². The predicted octanol–water partition coefficient (Wildman–Crippen LogP) is 3.78. The number of nitrogens with zero attached hydrogens (tertiary/aromatic N) is 1. The molecule has 1 saturated carbocycles. The topological polar surface area (TPSA) is 40.5 Å². The van der Waals surface area contributed by atoms with Crippen LogP contribution in [0.15, 0.2) is 0 Å². The number of aliphatic carboxylic acids is 1. The van der Waals surface area contributed by atoms with Crippen LogP contribution in [0, 0.1) is 5.92 Å². The molecule has 0 bridgehead atoms. The summed E-state index contributed by atoms with van der Waals surface area (Å²) in [6, 6.07) is 0. The van der Waals surface area contributed by atoms with Crippen molar-refractivity contribution >= 4 is 5.97 Å². The standard InChI is InChI=1S/C7H12O2.C6H13N.C2H6/c8-7(9)6-4-2-1-3-5-6;1-7-5-3-2-4-6-7;1-2/h6H,1-5H2,(H,8,9);2-6H2,1H3;1-2H3. The molecule has 0 aromatic heterocycles. The van der Waals surface area contributed by atoms with Crippen molar-refractivity contribution in [3.05, 3.63) is 0 Å². The van der Waals surface area contributed by atoms with Gasteiger partial charge in [0.1, 0.15) is 0 Å². The molecule has 1 N–H and O–H groups in total. The van der Waals surface area contributed by atoms with Gasteiger partial charge in [-0.25, -0.2) is 0 Å². The first kappa shape index (κ1) is 17.4. The SMILES string of the molecule is CC.CN1CCCCC1.O=C(O)C1CCCCC1. The quantitative estimate of drug-likeness (QED) is 0.777. The Labute approximate surface area is 113 Å². The average molecular weight is 257 g/mol. The molecule has 0 radical (unpaired) electrons. The van der Waals surface area contributed by atoms with E-state index in [4.69, 9.17) is 5.11 Å². The number of carboxylic acids is 1. The van der Waals surface area contributed by atoms with E-state index in [9.17, 15) is 4.79 Å². The molecule has 1 aliphatic carbocycles. The summed E-state index contributed by atoms with van der Waals surface area (Å²) in [5.74, 6) is -0.631. The molecule has 0 spiro atoms. The van der Waals surface area contributed by atoms with Gasteiger partial charge < -0.3 is 10.0 Å². The zero-order chi connectivity index (χ0) is 13.8. The molecule has 3 nitrogen and oxygen atoms in total. The minimum absolute atomic E-state index is 0.0289. The van der Waals surface area contributed by atoms with Crippen molar-refractivity contribution in [2.75, 3.05) is 20.1 Å². The number of carbonyl (C=O) groups is 1. The van der Waals surface area contributed by atoms with Gasteiger partial charge in [-0.05, 0) is 45.8 Å². The number of carboxylic acid groups (broad SMARTS) is 1. The fraction of sp³-hybridized carbons (Fsp3) is 0.933. The first-order valence-electron chi connectivity index (χ1n) is 7.61. The molecule has 0 aromatic carbocycles. The van der Waals surface area contributed by atoms with Crippen LogP contribution in [0.3, 0.4) is 0 Å². The molecule has 2 rings (SSSR count). The van der Waals surface area contributed by atoms with E-state index in [1.165, 1.54) is 38.8 Å². The Bertz CT molecular complexity index is 195. The smallest absolute Gasteiger partial charge is 0.306 e. The predicted molar refractivity (Wildman–Crippen MR) is 76.9 cm³/mol. The summed E-state index contributed by atoms with van der Waals surface area (Å²) in [6.45, 7) is 6.64. The lowest BCUT2D eigenvalue weighted by molar-refractivity contribution is -0.142. The van der Waals surface area contributed by atoms with Crippen molar-refractivity contribution in [2.24, 2.45) is 5.92 Å². The van der Waals surface area contributed by atoms with E-state index in [0.717, 1.165) is 25.7 Å². The first-order valence-corrected chi connectivity index (χ1v) is 7.61. The zero-order valence-electron chi connectivity index (χ0n) is 12.5. The maximum absolute atomic E-state index is 10.4. The molecule has 1 heterocycles. The number of piperidine rings is 1. The van der Waals surface area contributed by atoms with Crippen LogP contribution >= 0.6 is 0 Å². The van der Waals surface area contributed by atoms with E-state index in [1.54, 1.807) is 0 Å². The van der Waals surface area contributed by atoms with Gasteiger partial charge in [0.15, 0.2) is 0 Å². The van der Waals surface area contributed by atoms with E-state index in [2.05, 4.69) is 11.9 Å². The largest absolute Gasteiger partial charge is 0.481 e. The van der Waals surface area contributed by atoms with Crippen molar-refractivity contribution in [3.63, 3.8) is 0 Å². The molecule has 18 heavy (non-hydrogen) atoms. The molecule has 0 amide bonds.